The van der Waals surface area contributed by atoms with E-state index >= 15 is 0 Å². The zero-order valence-electron chi connectivity index (χ0n) is 21.3. The van der Waals surface area contributed by atoms with Gasteiger partial charge in [-0.2, -0.15) is 0 Å². The Morgan fingerprint density at radius 1 is 1.06 bits per heavy atom. The van der Waals surface area contributed by atoms with Gasteiger partial charge in [-0.15, -0.1) is 0 Å². The van der Waals surface area contributed by atoms with Crippen molar-refractivity contribution >= 4 is 11.8 Å². The molecule has 0 saturated carbocycles. The van der Waals surface area contributed by atoms with Crippen molar-refractivity contribution in [1.82, 2.24) is 4.98 Å². The molecule has 1 atom stereocenters. The van der Waals surface area contributed by atoms with Crippen LogP contribution in [0.1, 0.15) is 45.7 Å². The molecule has 1 N–H and O–H groups in total. The first-order chi connectivity index (χ1) is 17.4. The molecule has 0 spiro atoms. The Balaban J connectivity index is 1.34. The number of ether oxygens (including phenoxy) is 2. The number of aliphatic carboxylic acids is 1. The van der Waals surface area contributed by atoms with E-state index in [-0.39, 0.29) is 12.3 Å². The summed E-state index contributed by atoms with van der Waals surface area (Å²) < 4.78 is 11.3. The molecule has 1 aromatic heterocycles. The lowest BCUT2D eigenvalue weighted by Crippen LogP contribution is -2.37. The number of morpholine rings is 1. The first-order valence-corrected chi connectivity index (χ1v) is 12.8. The van der Waals surface area contributed by atoms with Crippen molar-refractivity contribution in [3.05, 3.63) is 76.0 Å². The number of aryl methyl sites for hydroxylation is 4. The lowest BCUT2D eigenvalue weighted by Gasteiger charge is -2.29. The standard InChI is InChI=1S/C30H34N2O4/c1-19-4-7-23(8-5-22-6-9-26-25(16-28(33)34)18-36-27(26)15-22)21(3)29(19)24-14-20(2)30(31-17-24)32-10-12-35-13-11-32/h4,6-7,9,14-15,17,25H,5,8,10-13,16,18H2,1-3H3,(H,33,34)/t25-/m1/s1. The van der Waals surface area contributed by atoms with E-state index in [9.17, 15) is 4.79 Å². The lowest BCUT2D eigenvalue weighted by atomic mass is 9.90. The summed E-state index contributed by atoms with van der Waals surface area (Å²) in [5.41, 5.74) is 9.73. The molecule has 3 aromatic rings. The molecule has 36 heavy (non-hydrogen) atoms. The summed E-state index contributed by atoms with van der Waals surface area (Å²) in [6.07, 6.45) is 3.95. The predicted octanol–water partition coefficient (Wildman–Crippen LogP) is 5.25. The molecule has 2 aromatic carbocycles. The van der Waals surface area contributed by atoms with Crippen LogP contribution in [0.2, 0.25) is 0 Å². The summed E-state index contributed by atoms with van der Waals surface area (Å²) in [5, 5.41) is 9.14. The van der Waals surface area contributed by atoms with Crippen LogP contribution in [-0.2, 0) is 22.4 Å². The van der Waals surface area contributed by atoms with Crippen molar-refractivity contribution in [3.8, 4) is 16.9 Å². The van der Waals surface area contributed by atoms with E-state index in [2.05, 4.69) is 56.0 Å². The number of aromatic nitrogens is 1. The van der Waals surface area contributed by atoms with Crippen molar-refractivity contribution in [1.29, 1.82) is 0 Å². The molecule has 5 rings (SSSR count). The van der Waals surface area contributed by atoms with Crippen molar-refractivity contribution in [2.45, 2.75) is 46.0 Å². The van der Waals surface area contributed by atoms with Crippen molar-refractivity contribution < 1.29 is 19.4 Å². The molecule has 3 heterocycles. The van der Waals surface area contributed by atoms with Crippen molar-refractivity contribution in [3.63, 3.8) is 0 Å². The SMILES string of the molecule is Cc1cc(-c2c(C)ccc(CCc3ccc4c(c3)OC[C@H]4CC(=O)O)c2C)cnc1N1CCOCC1. The maximum atomic E-state index is 11.1. The molecule has 6 nitrogen and oxygen atoms in total. The van der Waals surface area contributed by atoms with Gasteiger partial charge in [0.15, 0.2) is 0 Å². The summed E-state index contributed by atoms with van der Waals surface area (Å²) in [6, 6.07) is 13.0. The van der Waals surface area contributed by atoms with Gasteiger partial charge < -0.3 is 19.5 Å². The summed E-state index contributed by atoms with van der Waals surface area (Å²) in [6.45, 7) is 10.2. The first-order valence-electron chi connectivity index (χ1n) is 12.8. The smallest absolute Gasteiger partial charge is 0.304 e. The Labute approximate surface area is 212 Å². The van der Waals surface area contributed by atoms with E-state index in [1.807, 2.05) is 12.3 Å². The van der Waals surface area contributed by atoms with Crippen molar-refractivity contribution in [2.24, 2.45) is 0 Å². The Bertz CT molecular complexity index is 1280. The average Bonchev–Trinajstić information content (AvgIpc) is 3.25. The van der Waals surface area contributed by atoms with Gasteiger partial charge in [0.05, 0.1) is 26.2 Å². The van der Waals surface area contributed by atoms with E-state index in [0.29, 0.717) is 6.61 Å². The second-order valence-electron chi connectivity index (χ2n) is 9.98. The summed E-state index contributed by atoms with van der Waals surface area (Å²) in [4.78, 5) is 18.3. The zero-order chi connectivity index (χ0) is 25.2. The number of rotatable bonds is 7. The molecular formula is C30H34N2O4. The van der Waals surface area contributed by atoms with Gasteiger partial charge >= 0.3 is 5.97 Å². The topological polar surface area (TPSA) is 71.9 Å². The number of anilines is 1. The number of benzene rings is 2. The van der Waals surface area contributed by atoms with Crippen LogP contribution in [0.3, 0.4) is 0 Å². The number of fused-ring (bicyclic) bond motifs is 1. The molecule has 0 radical (unpaired) electrons. The molecule has 188 valence electrons. The zero-order valence-corrected chi connectivity index (χ0v) is 21.3. The van der Waals surface area contributed by atoms with E-state index in [1.54, 1.807) is 0 Å². The highest BCUT2D eigenvalue weighted by molar-refractivity contribution is 5.73. The van der Waals surface area contributed by atoms with Crippen LogP contribution >= 0.6 is 0 Å². The predicted molar refractivity (Wildman–Crippen MR) is 141 cm³/mol. The third-order valence-electron chi connectivity index (χ3n) is 7.50. The molecular weight excluding hydrogens is 452 g/mol. The van der Waals surface area contributed by atoms with E-state index in [0.717, 1.165) is 61.8 Å². The van der Waals surface area contributed by atoms with Crippen LogP contribution < -0.4 is 9.64 Å². The third kappa shape index (κ3) is 4.96. The van der Waals surface area contributed by atoms with Gasteiger partial charge in [0.2, 0.25) is 0 Å². The number of nitrogens with zero attached hydrogens (tertiary/aromatic N) is 2. The monoisotopic (exact) mass is 486 g/mol. The molecule has 0 unspecified atom stereocenters. The summed E-state index contributed by atoms with van der Waals surface area (Å²) >= 11 is 0. The highest BCUT2D eigenvalue weighted by Crippen LogP contribution is 2.37. The highest BCUT2D eigenvalue weighted by atomic mass is 16.5. The quantitative estimate of drug-likeness (QED) is 0.492. The lowest BCUT2D eigenvalue weighted by molar-refractivity contribution is -0.137. The number of carboxylic acid groups (broad SMARTS) is 1. The molecule has 2 aliphatic rings. The second-order valence-corrected chi connectivity index (χ2v) is 9.98. The van der Waals surface area contributed by atoms with Crippen LogP contribution in [0.15, 0.2) is 42.6 Å². The maximum absolute atomic E-state index is 11.1. The Hall–Kier alpha value is -3.38. The number of pyridine rings is 1. The fraction of sp³-hybridized carbons (Fsp3) is 0.400. The second kappa shape index (κ2) is 10.3. The average molecular weight is 487 g/mol. The highest BCUT2D eigenvalue weighted by Gasteiger charge is 2.26. The van der Waals surface area contributed by atoms with E-state index < -0.39 is 5.97 Å². The number of hydrogen-bond acceptors (Lipinski definition) is 5. The minimum Gasteiger partial charge on any atom is -0.493 e. The van der Waals surface area contributed by atoms with Crippen LogP contribution in [0.4, 0.5) is 5.82 Å². The van der Waals surface area contributed by atoms with E-state index in [4.69, 9.17) is 19.6 Å². The van der Waals surface area contributed by atoms with Crippen LogP contribution in [0.5, 0.6) is 5.75 Å². The molecule has 0 bridgehead atoms. The van der Waals surface area contributed by atoms with Crippen LogP contribution in [0, 0.1) is 20.8 Å². The van der Waals surface area contributed by atoms with Gasteiger partial charge in [-0.1, -0.05) is 24.3 Å². The normalized spacial score (nSPS) is 17.1. The Kier molecular flexibility index (Phi) is 6.97. The Morgan fingerprint density at radius 2 is 1.86 bits per heavy atom. The maximum Gasteiger partial charge on any atom is 0.304 e. The third-order valence-corrected chi connectivity index (χ3v) is 7.50. The molecule has 1 saturated heterocycles. The number of hydrogen-bond donors (Lipinski definition) is 1. The van der Waals surface area contributed by atoms with Crippen LogP contribution in [-0.4, -0.2) is 49.0 Å². The van der Waals surface area contributed by atoms with Gasteiger partial charge in [-0.25, -0.2) is 4.98 Å². The number of carboxylic acids is 1. The van der Waals surface area contributed by atoms with Crippen molar-refractivity contribution in [2.75, 3.05) is 37.8 Å². The Morgan fingerprint density at radius 3 is 2.61 bits per heavy atom. The molecule has 0 amide bonds. The number of carbonyl (C=O) groups is 1. The summed E-state index contributed by atoms with van der Waals surface area (Å²) in [7, 11) is 0. The molecule has 2 aliphatic heterocycles. The van der Waals surface area contributed by atoms with Gasteiger partial charge in [-0.3, -0.25) is 4.79 Å². The van der Waals surface area contributed by atoms with Gasteiger partial charge in [0.1, 0.15) is 11.6 Å². The minimum atomic E-state index is -0.785. The van der Waals surface area contributed by atoms with E-state index in [1.165, 1.54) is 33.4 Å². The summed E-state index contributed by atoms with van der Waals surface area (Å²) in [5.74, 6) is 1.05. The minimum absolute atomic E-state index is 0.0554. The largest absolute Gasteiger partial charge is 0.493 e. The van der Waals surface area contributed by atoms with Gasteiger partial charge in [-0.05, 0) is 79.1 Å². The first kappa shape index (κ1) is 24.3. The van der Waals surface area contributed by atoms with Gasteiger partial charge in [0, 0.05) is 36.3 Å². The molecule has 1 fully saturated rings. The fourth-order valence-electron chi connectivity index (χ4n) is 5.55. The van der Waals surface area contributed by atoms with Crippen LogP contribution in [0.25, 0.3) is 11.1 Å². The van der Waals surface area contributed by atoms with Gasteiger partial charge in [0.25, 0.3) is 0 Å². The molecule has 6 heteroatoms. The fourth-order valence-corrected chi connectivity index (χ4v) is 5.55. The molecule has 0 aliphatic carbocycles.